The van der Waals surface area contributed by atoms with E-state index in [0.717, 1.165) is 28.2 Å². The topological polar surface area (TPSA) is 52.9 Å². The number of aryl methyl sites for hydroxylation is 1. The highest BCUT2D eigenvalue weighted by Gasteiger charge is 2.20. The van der Waals surface area contributed by atoms with E-state index in [9.17, 15) is 4.79 Å². The number of benzene rings is 1. The van der Waals surface area contributed by atoms with E-state index in [-0.39, 0.29) is 11.6 Å². The van der Waals surface area contributed by atoms with Crippen LogP contribution in [-0.2, 0) is 0 Å². The second-order valence-corrected chi connectivity index (χ2v) is 6.39. The van der Waals surface area contributed by atoms with Crippen molar-refractivity contribution in [1.82, 2.24) is 9.36 Å². The third kappa shape index (κ3) is 2.95. The molecule has 22 heavy (non-hydrogen) atoms. The van der Waals surface area contributed by atoms with E-state index in [1.807, 2.05) is 56.6 Å². The highest BCUT2D eigenvalue weighted by atomic mass is 32.1. The molecule has 5 heteroatoms. The summed E-state index contributed by atoms with van der Waals surface area (Å²) in [6.07, 6.45) is 1.85. The second kappa shape index (κ2) is 6.83. The van der Waals surface area contributed by atoms with E-state index in [1.54, 1.807) is 9.36 Å². The summed E-state index contributed by atoms with van der Waals surface area (Å²) >= 11 is 1.05. The first-order valence-electron chi connectivity index (χ1n) is 7.28. The Balaban J connectivity index is 2.72. The number of nitrogens with two attached hydrogens (primary N) is 1. The number of nitrogen functional groups attached to an aromatic ring is 1. The standard InChI is InChI=1S/C17H23N3OS/c1-5-10-22-11-19-16(18)15(17(21)20(19)12(2)3)14-9-7-6-8-13(14)4/h5-9,11-12,22H,1,10,18H2,2-4H3. The fourth-order valence-electron chi connectivity index (χ4n) is 2.46. The Morgan fingerprint density at radius 1 is 1.36 bits per heavy atom. The molecule has 0 bridgehead atoms. The minimum absolute atomic E-state index is 0.0303. The lowest BCUT2D eigenvalue weighted by atomic mass is 10.0. The number of hydrogen-bond acceptors (Lipinski definition) is 2. The van der Waals surface area contributed by atoms with E-state index in [2.05, 4.69) is 6.58 Å². The van der Waals surface area contributed by atoms with Crippen molar-refractivity contribution < 1.29 is 0 Å². The minimum atomic E-state index is -0.0492. The van der Waals surface area contributed by atoms with Crippen LogP contribution in [0.4, 0.5) is 5.82 Å². The average molecular weight is 317 g/mol. The van der Waals surface area contributed by atoms with Gasteiger partial charge >= 0.3 is 0 Å². The van der Waals surface area contributed by atoms with E-state index in [1.165, 1.54) is 0 Å². The SMILES string of the molecule is C=CC[SH]=Cn1c(N)c(-c2ccccc2C)c(=O)n1C(C)C. The van der Waals surface area contributed by atoms with E-state index >= 15 is 0 Å². The van der Waals surface area contributed by atoms with Crippen molar-refractivity contribution >= 4 is 22.7 Å². The number of hydrogen-bond donors (Lipinski definition) is 2. The molecular weight excluding hydrogens is 294 g/mol. The number of thiol groups is 1. The largest absolute Gasteiger partial charge is 0.383 e. The lowest BCUT2D eigenvalue weighted by Crippen LogP contribution is -2.25. The molecule has 2 rings (SSSR count). The zero-order chi connectivity index (χ0) is 16.3. The Labute approximate surface area is 134 Å². The van der Waals surface area contributed by atoms with Crippen molar-refractivity contribution in [2.24, 2.45) is 0 Å². The summed E-state index contributed by atoms with van der Waals surface area (Å²) in [5.41, 5.74) is 10.7. The quantitative estimate of drug-likeness (QED) is 0.506. The molecule has 0 unspecified atom stereocenters. The van der Waals surface area contributed by atoms with Crippen LogP contribution in [0.3, 0.4) is 0 Å². The van der Waals surface area contributed by atoms with Crippen LogP contribution >= 0.6 is 11.4 Å². The highest BCUT2D eigenvalue weighted by molar-refractivity contribution is 7.97. The van der Waals surface area contributed by atoms with Crippen LogP contribution in [0.5, 0.6) is 0 Å². The maximum Gasteiger partial charge on any atom is 0.277 e. The van der Waals surface area contributed by atoms with Gasteiger partial charge < -0.3 is 5.73 Å². The van der Waals surface area contributed by atoms with Gasteiger partial charge in [0.2, 0.25) is 0 Å². The zero-order valence-corrected chi connectivity index (χ0v) is 14.2. The molecule has 0 fully saturated rings. The van der Waals surface area contributed by atoms with E-state index < -0.39 is 0 Å². The molecule has 1 aromatic heterocycles. The lowest BCUT2D eigenvalue weighted by Gasteiger charge is -2.11. The average Bonchev–Trinajstić information content (AvgIpc) is 2.71. The number of anilines is 1. The summed E-state index contributed by atoms with van der Waals surface area (Å²) in [7, 11) is 0. The maximum absolute atomic E-state index is 12.9. The number of rotatable bonds is 5. The van der Waals surface area contributed by atoms with E-state index in [4.69, 9.17) is 5.73 Å². The molecule has 1 heterocycles. The zero-order valence-electron chi connectivity index (χ0n) is 13.3. The molecule has 0 saturated heterocycles. The van der Waals surface area contributed by atoms with Gasteiger partial charge in [-0.2, -0.15) is 11.4 Å². The summed E-state index contributed by atoms with van der Waals surface area (Å²) in [5.74, 6) is 1.31. The maximum atomic E-state index is 12.9. The van der Waals surface area contributed by atoms with Gasteiger partial charge in [0.1, 0.15) is 5.82 Å². The van der Waals surface area contributed by atoms with Gasteiger partial charge in [-0.05, 0) is 31.9 Å². The third-order valence-electron chi connectivity index (χ3n) is 3.49. The molecule has 118 valence electrons. The summed E-state index contributed by atoms with van der Waals surface area (Å²) in [4.78, 5) is 12.9. The predicted molar refractivity (Wildman–Crippen MR) is 99.2 cm³/mol. The molecule has 0 saturated carbocycles. The van der Waals surface area contributed by atoms with Crippen molar-refractivity contribution in [1.29, 1.82) is 0 Å². The molecule has 0 aliphatic carbocycles. The van der Waals surface area contributed by atoms with Gasteiger partial charge in [0.15, 0.2) is 0 Å². The highest BCUT2D eigenvalue weighted by Crippen LogP contribution is 2.26. The molecule has 2 N–H and O–H groups in total. The van der Waals surface area contributed by atoms with Gasteiger partial charge in [0.05, 0.1) is 11.1 Å². The third-order valence-corrected chi connectivity index (χ3v) is 4.34. The fraction of sp³-hybridized carbons (Fsp3) is 0.294. The molecule has 0 radical (unpaired) electrons. The number of aromatic nitrogens is 2. The van der Waals surface area contributed by atoms with Crippen molar-refractivity contribution in [3.05, 3.63) is 52.8 Å². The molecule has 1 aromatic carbocycles. The molecule has 0 aliphatic rings. The Kier molecular flexibility index (Phi) is 5.08. The summed E-state index contributed by atoms with van der Waals surface area (Å²) in [6.45, 7) is 9.68. The van der Waals surface area contributed by atoms with Gasteiger partial charge in [-0.1, -0.05) is 30.3 Å². The minimum Gasteiger partial charge on any atom is -0.383 e. The predicted octanol–water partition coefficient (Wildman–Crippen LogP) is 3.05. The molecule has 0 spiro atoms. The van der Waals surface area contributed by atoms with E-state index in [0.29, 0.717) is 11.4 Å². The Morgan fingerprint density at radius 3 is 2.64 bits per heavy atom. The van der Waals surface area contributed by atoms with Crippen molar-refractivity contribution in [2.45, 2.75) is 26.8 Å². The van der Waals surface area contributed by atoms with Crippen molar-refractivity contribution in [2.75, 3.05) is 11.5 Å². The summed E-state index contributed by atoms with van der Waals surface area (Å²) in [6, 6.07) is 7.85. The monoisotopic (exact) mass is 317 g/mol. The van der Waals surface area contributed by atoms with Gasteiger partial charge in [-0.15, -0.1) is 6.58 Å². The fourth-order valence-corrected chi connectivity index (χ4v) is 3.09. The van der Waals surface area contributed by atoms with Crippen molar-refractivity contribution in [3.8, 4) is 11.1 Å². The van der Waals surface area contributed by atoms with Crippen LogP contribution in [0.25, 0.3) is 11.1 Å². The smallest absolute Gasteiger partial charge is 0.277 e. The van der Waals surface area contributed by atoms with Crippen LogP contribution < -0.4 is 11.3 Å². The Hall–Kier alpha value is -2.01. The molecular formula is C17H23N3OS. The molecule has 2 aromatic rings. The lowest BCUT2D eigenvalue weighted by molar-refractivity contribution is 0.491. The Morgan fingerprint density at radius 2 is 2.05 bits per heavy atom. The second-order valence-electron chi connectivity index (χ2n) is 5.43. The van der Waals surface area contributed by atoms with Gasteiger partial charge in [0.25, 0.3) is 5.56 Å². The number of nitrogens with zero attached hydrogens (tertiary/aromatic N) is 2. The van der Waals surface area contributed by atoms with Crippen LogP contribution in [0.15, 0.2) is 41.7 Å². The molecule has 0 atom stereocenters. The summed E-state index contributed by atoms with van der Waals surface area (Å²) in [5, 5.41) is 0. The summed E-state index contributed by atoms with van der Waals surface area (Å²) < 4.78 is 3.48. The van der Waals surface area contributed by atoms with Crippen LogP contribution in [0, 0.1) is 6.92 Å². The first-order chi connectivity index (χ1) is 10.5. The molecule has 0 amide bonds. The van der Waals surface area contributed by atoms with Gasteiger partial charge in [-0.3, -0.25) is 4.79 Å². The van der Waals surface area contributed by atoms with Crippen LogP contribution in [0.1, 0.15) is 25.5 Å². The van der Waals surface area contributed by atoms with Crippen molar-refractivity contribution in [3.63, 3.8) is 0 Å². The van der Waals surface area contributed by atoms with Gasteiger partial charge in [0, 0.05) is 11.8 Å². The molecule has 4 nitrogen and oxygen atoms in total. The van der Waals surface area contributed by atoms with Crippen LogP contribution in [-0.4, -0.2) is 20.6 Å². The Bertz CT molecular complexity index is 769. The first kappa shape index (κ1) is 16.4. The van der Waals surface area contributed by atoms with Crippen LogP contribution in [0.2, 0.25) is 0 Å². The molecule has 0 aliphatic heterocycles. The van der Waals surface area contributed by atoms with Gasteiger partial charge in [-0.25, -0.2) is 9.36 Å². The normalized spacial score (nSPS) is 11.8. The first-order valence-corrected chi connectivity index (χ1v) is 8.43.